The summed E-state index contributed by atoms with van der Waals surface area (Å²) in [4.78, 5) is 31.0. The molecule has 2 fully saturated rings. The Kier molecular flexibility index (Phi) is 5.90. The van der Waals surface area contributed by atoms with E-state index < -0.39 is 6.04 Å². The van der Waals surface area contributed by atoms with Crippen molar-refractivity contribution < 1.29 is 29.2 Å². The Morgan fingerprint density at radius 1 is 1.09 bits per heavy atom. The molecule has 3 aliphatic heterocycles. The molecule has 0 aromatic heterocycles. The Hall–Kier alpha value is -2.45. The number of amides is 2. The first-order chi connectivity index (χ1) is 15.5. The van der Waals surface area contributed by atoms with E-state index in [9.17, 15) is 14.7 Å². The van der Waals surface area contributed by atoms with Gasteiger partial charge in [0.05, 0.1) is 12.5 Å². The molecule has 1 unspecified atom stereocenters. The lowest BCUT2D eigenvalue weighted by Crippen LogP contribution is -2.82. The highest BCUT2D eigenvalue weighted by Crippen LogP contribution is 2.33. The molecule has 4 aliphatic rings. The first-order valence-electron chi connectivity index (χ1n) is 11.8. The quantitative estimate of drug-likeness (QED) is 0.655. The van der Waals surface area contributed by atoms with Crippen molar-refractivity contribution in [3.05, 3.63) is 29.3 Å². The summed E-state index contributed by atoms with van der Waals surface area (Å²) in [7, 11) is 1.77. The predicted molar refractivity (Wildman–Crippen MR) is 117 cm³/mol. The molecule has 8 nitrogen and oxygen atoms in total. The number of nitrogens with zero attached hydrogens (tertiary/aromatic N) is 2. The monoisotopic (exact) mass is 442 g/mol. The van der Waals surface area contributed by atoms with Gasteiger partial charge in [-0.15, -0.1) is 4.99 Å². The summed E-state index contributed by atoms with van der Waals surface area (Å²) in [6.07, 6.45) is 7.00. The summed E-state index contributed by atoms with van der Waals surface area (Å²) in [6.45, 7) is 2.34. The van der Waals surface area contributed by atoms with Gasteiger partial charge in [0.25, 0.3) is 5.91 Å². The number of ether oxygens (including phenoxy) is 2. The van der Waals surface area contributed by atoms with Crippen molar-refractivity contribution >= 4 is 17.7 Å². The van der Waals surface area contributed by atoms with Crippen molar-refractivity contribution in [1.29, 1.82) is 0 Å². The van der Waals surface area contributed by atoms with Gasteiger partial charge in [-0.1, -0.05) is 12.8 Å². The minimum atomic E-state index is -0.483. The van der Waals surface area contributed by atoms with Crippen molar-refractivity contribution in [3.8, 4) is 5.75 Å². The molecule has 1 aromatic rings. The van der Waals surface area contributed by atoms with E-state index >= 15 is 0 Å². The van der Waals surface area contributed by atoms with Crippen LogP contribution in [0.2, 0.25) is 0 Å². The molecule has 1 aromatic carbocycles. The summed E-state index contributed by atoms with van der Waals surface area (Å²) in [6, 6.07) is 5.61. The molecule has 32 heavy (non-hydrogen) atoms. The lowest BCUT2D eigenvalue weighted by atomic mass is 9.98. The number of aliphatic hydroxyl groups is 1. The zero-order valence-corrected chi connectivity index (χ0v) is 18.6. The van der Waals surface area contributed by atoms with E-state index in [0.717, 1.165) is 37.2 Å². The van der Waals surface area contributed by atoms with Crippen LogP contribution in [-0.2, 0) is 16.1 Å². The third kappa shape index (κ3) is 4.01. The van der Waals surface area contributed by atoms with Crippen LogP contribution < -0.4 is 9.73 Å². The second-order valence-corrected chi connectivity index (χ2v) is 9.41. The Bertz CT molecular complexity index is 926. The van der Waals surface area contributed by atoms with Gasteiger partial charge in [0.2, 0.25) is 0 Å². The number of rotatable bonds is 5. The maximum absolute atomic E-state index is 12.9. The lowest BCUT2D eigenvalue weighted by Gasteiger charge is -2.45. The van der Waals surface area contributed by atoms with Crippen molar-refractivity contribution in [2.45, 2.75) is 75.8 Å². The van der Waals surface area contributed by atoms with Crippen LogP contribution >= 0.6 is 0 Å². The Labute approximate surface area is 188 Å². The molecule has 3 heterocycles. The normalized spacial score (nSPS) is 29.3. The molecule has 1 saturated carbocycles. The van der Waals surface area contributed by atoms with Crippen LogP contribution in [0.25, 0.3) is 0 Å². The number of carbonyl (C=O) groups excluding carboxylic acids is 2. The molecule has 2 amide bonds. The predicted octanol–water partition coefficient (Wildman–Crippen LogP) is 0.779. The number of aliphatic hydroxyl groups excluding tert-OH is 1. The largest absolute Gasteiger partial charge is 0.489 e. The van der Waals surface area contributed by atoms with Crippen LogP contribution in [0.3, 0.4) is 0 Å². The Morgan fingerprint density at radius 2 is 1.91 bits per heavy atom. The van der Waals surface area contributed by atoms with Gasteiger partial charge in [-0.3, -0.25) is 9.69 Å². The van der Waals surface area contributed by atoms with Gasteiger partial charge in [0.1, 0.15) is 11.9 Å². The fourth-order valence-electron chi connectivity index (χ4n) is 5.51. The molecule has 3 atom stereocenters. The van der Waals surface area contributed by atoms with Crippen molar-refractivity contribution in [2.24, 2.45) is 0 Å². The number of fused-ring (bicyclic) bond motifs is 1. The van der Waals surface area contributed by atoms with E-state index in [1.807, 2.05) is 18.2 Å². The number of carbonyl (C=O) groups is 2. The number of nitrogens with one attached hydrogen (secondary N) is 1. The molecular formula is C24H32N3O5+. The molecule has 1 saturated heterocycles. The summed E-state index contributed by atoms with van der Waals surface area (Å²) < 4.78 is 12.0. The number of hydrogen-bond donors (Lipinski definition) is 2. The SMILES string of the molecule is COC1CN([C@@H]2CCCCC[C@@H]2Oc2ccc3c(c2)CN(C2CCC(=O)[NH+]=C2O)C3=O)C1. The molecule has 0 spiro atoms. The Morgan fingerprint density at radius 3 is 2.69 bits per heavy atom. The van der Waals surface area contributed by atoms with Gasteiger partial charge in [-0.2, -0.15) is 0 Å². The van der Waals surface area contributed by atoms with Gasteiger partial charge in [-0.25, -0.2) is 4.79 Å². The Balaban J connectivity index is 1.30. The van der Waals surface area contributed by atoms with Crippen LogP contribution in [0, 0.1) is 0 Å². The minimum absolute atomic E-state index is 0.113. The average Bonchev–Trinajstić information content (AvgIpc) is 2.90. The number of benzene rings is 1. The fraction of sp³-hybridized carbons (Fsp3) is 0.625. The third-order valence-electron chi connectivity index (χ3n) is 7.40. The summed E-state index contributed by atoms with van der Waals surface area (Å²) in [5.74, 6) is 0.335. The highest BCUT2D eigenvalue weighted by atomic mass is 16.5. The van der Waals surface area contributed by atoms with E-state index in [0.29, 0.717) is 37.1 Å². The number of likely N-dealkylation sites (tertiary alicyclic amines) is 1. The third-order valence-corrected chi connectivity index (χ3v) is 7.40. The minimum Gasteiger partial charge on any atom is -0.489 e. The first-order valence-corrected chi connectivity index (χ1v) is 11.8. The average molecular weight is 443 g/mol. The van der Waals surface area contributed by atoms with Crippen molar-refractivity contribution in [1.82, 2.24) is 9.80 Å². The van der Waals surface area contributed by atoms with E-state index in [1.165, 1.54) is 19.3 Å². The molecular weight excluding hydrogens is 410 g/mol. The molecule has 172 valence electrons. The fourth-order valence-corrected chi connectivity index (χ4v) is 5.51. The van der Waals surface area contributed by atoms with E-state index in [1.54, 1.807) is 12.0 Å². The topological polar surface area (TPSA) is 93.3 Å². The summed E-state index contributed by atoms with van der Waals surface area (Å²) in [5, 5.41) is 10.2. The molecule has 5 rings (SSSR count). The summed E-state index contributed by atoms with van der Waals surface area (Å²) in [5.41, 5.74) is 1.55. The lowest BCUT2D eigenvalue weighted by molar-refractivity contribution is -0.394. The van der Waals surface area contributed by atoms with Gasteiger partial charge in [0, 0.05) is 38.3 Å². The van der Waals surface area contributed by atoms with Crippen LogP contribution in [0.1, 0.15) is 60.9 Å². The van der Waals surface area contributed by atoms with Gasteiger partial charge < -0.3 is 19.5 Å². The maximum Gasteiger partial charge on any atom is 0.388 e. The highest BCUT2D eigenvalue weighted by molar-refractivity contribution is 6.01. The smallest absolute Gasteiger partial charge is 0.388 e. The van der Waals surface area contributed by atoms with E-state index in [4.69, 9.17) is 9.47 Å². The van der Waals surface area contributed by atoms with Crippen molar-refractivity contribution in [3.63, 3.8) is 0 Å². The van der Waals surface area contributed by atoms with Crippen LogP contribution in [0.5, 0.6) is 5.75 Å². The van der Waals surface area contributed by atoms with Gasteiger partial charge in [0.15, 0.2) is 6.04 Å². The molecule has 0 radical (unpaired) electrons. The zero-order valence-electron chi connectivity index (χ0n) is 18.6. The highest BCUT2D eigenvalue weighted by Gasteiger charge is 2.41. The second kappa shape index (κ2) is 8.83. The first kappa shape index (κ1) is 21.4. The number of hydrogen-bond acceptors (Lipinski definition) is 5. The molecule has 2 N–H and O–H groups in total. The van der Waals surface area contributed by atoms with E-state index in [2.05, 4.69) is 9.89 Å². The zero-order chi connectivity index (χ0) is 22.2. The summed E-state index contributed by atoms with van der Waals surface area (Å²) >= 11 is 0. The van der Waals surface area contributed by atoms with Gasteiger partial charge >= 0.3 is 11.8 Å². The van der Waals surface area contributed by atoms with Crippen LogP contribution in [0.4, 0.5) is 0 Å². The van der Waals surface area contributed by atoms with E-state index in [-0.39, 0.29) is 23.8 Å². The number of methoxy groups -OCH3 is 1. The molecule has 8 heteroatoms. The second-order valence-electron chi connectivity index (χ2n) is 9.41. The van der Waals surface area contributed by atoms with Gasteiger partial charge in [-0.05, 0) is 49.4 Å². The van der Waals surface area contributed by atoms with Crippen LogP contribution in [-0.4, -0.2) is 77.1 Å². The molecule has 1 aliphatic carbocycles. The maximum atomic E-state index is 12.9. The molecule has 0 bridgehead atoms. The van der Waals surface area contributed by atoms with Crippen molar-refractivity contribution in [2.75, 3.05) is 20.2 Å². The van der Waals surface area contributed by atoms with Crippen LogP contribution in [0.15, 0.2) is 18.2 Å². The standard InChI is InChI=1S/C24H31N3O5/c1-31-17-13-26(14-17)19-5-3-2-4-6-21(19)32-16-7-8-18-15(11-16)12-27(24(18)30)20-9-10-22(28)25-23(20)29/h7-8,11,17,19-21H,2-6,9-10,12-14H2,1H3,(H,25,28,29)/p+1/t19-,20?,21+/m1/s1.